The molecule has 0 aliphatic rings. The Balaban J connectivity index is 1.30. The van der Waals surface area contributed by atoms with Crippen LogP contribution in [0.5, 0.6) is 0 Å². The molecule has 0 unspecified atom stereocenters. The van der Waals surface area contributed by atoms with E-state index in [1.807, 2.05) is 30.7 Å². The number of rotatable bonds is 2. The maximum absolute atomic E-state index is 4.85. The van der Waals surface area contributed by atoms with Crippen molar-refractivity contribution in [1.82, 2.24) is 15.0 Å². The van der Waals surface area contributed by atoms with Crippen LogP contribution in [0.1, 0.15) is 0 Å². The van der Waals surface area contributed by atoms with Crippen molar-refractivity contribution in [3.8, 4) is 22.3 Å². The maximum atomic E-state index is 4.85. The second-order valence-corrected chi connectivity index (χ2v) is 9.72. The zero-order valence-corrected chi connectivity index (χ0v) is 20.5. The second kappa shape index (κ2) is 8.19. The van der Waals surface area contributed by atoms with Gasteiger partial charge < -0.3 is 0 Å². The average molecular weight is 484 g/mol. The lowest BCUT2D eigenvalue weighted by molar-refractivity contribution is 1.37. The monoisotopic (exact) mass is 483 g/mol. The van der Waals surface area contributed by atoms with Crippen LogP contribution < -0.4 is 0 Å². The molecule has 0 radical (unpaired) electrons. The van der Waals surface area contributed by atoms with Gasteiger partial charge in [0.05, 0.1) is 16.6 Å². The van der Waals surface area contributed by atoms with E-state index in [2.05, 4.69) is 102 Å². The summed E-state index contributed by atoms with van der Waals surface area (Å²) in [5.41, 5.74) is 7.34. The third-order valence-electron chi connectivity index (χ3n) is 7.56. The number of pyridine rings is 3. The van der Waals surface area contributed by atoms with Crippen LogP contribution >= 0.6 is 0 Å². The summed E-state index contributed by atoms with van der Waals surface area (Å²) < 4.78 is 0. The Morgan fingerprint density at radius 3 is 2.00 bits per heavy atom. The Hall–Kier alpha value is -5.15. The molecule has 5 aromatic carbocycles. The van der Waals surface area contributed by atoms with Crippen molar-refractivity contribution in [2.45, 2.75) is 0 Å². The number of aromatic nitrogens is 3. The third-order valence-corrected chi connectivity index (χ3v) is 7.56. The van der Waals surface area contributed by atoms with Crippen LogP contribution in [0.15, 0.2) is 128 Å². The molecule has 0 amide bonds. The van der Waals surface area contributed by atoms with E-state index in [0.29, 0.717) is 0 Å². The van der Waals surface area contributed by atoms with Gasteiger partial charge in [-0.1, -0.05) is 84.9 Å². The summed E-state index contributed by atoms with van der Waals surface area (Å²) in [5, 5.41) is 8.33. The number of benzene rings is 5. The molecule has 0 fully saturated rings. The predicted molar refractivity (Wildman–Crippen MR) is 158 cm³/mol. The van der Waals surface area contributed by atoms with Gasteiger partial charge in [0, 0.05) is 45.9 Å². The number of fused-ring (bicyclic) bond motifs is 7. The fourth-order valence-electron chi connectivity index (χ4n) is 5.72. The second-order valence-electron chi connectivity index (χ2n) is 9.72. The molecule has 0 aliphatic carbocycles. The summed E-state index contributed by atoms with van der Waals surface area (Å²) in [6.45, 7) is 0. The Labute approximate surface area is 219 Å². The van der Waals surface area contributed by atoms with Gasteiger partial charge in [0.2, 0.25) is 0 Å². The van der Waals surface area contributed by atoms with Gasteiger partial charge in [-0.15, -0.1) is 0 Å². The summed E-state index contributed by atoms with van der Waals surface area (Å²) >= 11 is 0. The number of nitrogens with zero attached hydrogens (tertiary/aromatic N) is 3. The molecule has 3 heterocycles. The predicted octanol–water partition coefficient (Wildman–Crippen LogP) is 8.97. The topological polar surface area (TPSA) is 38.7 Å². The fourth-order valence-corrected chi connectivity index (χ4v) is 5.72. The lowest BCUT2D eigenvalue weighted by atomic mass is 9.93. The summed E-state index contributed by atoms with van der Waals surface area (Å²) in [6.07, 6.45) is 5.66. The Bertz CT molecular complexity index is 2040. The van der Waals surface area contributed by atoms with E-state index in [4.69, 9.17) is 9.97 Å². The van der Waals surface area contributed by atoms with Crippen molar-refractivity contribution < 1.29 is 0 Å². The van der Waals surface area contributed by atoms with Gasteiger partial charge >= 0.3 is 0 Å². The highest BCUT2D eigenvalue weighted by Crippen LogP contribution is 2.37. The zero-order chi connectivity index (χ0) is 25.1. The molecule has 3 heteroatoms. The van der Waals surface area contributed by atoms with Gasteiger partial charge in [0.25, 0.3) is 0 Å². The van der Waals surface area contributed by atoms with Crippen LogP contribution in [0, 0.1) is 0 Å². The standard InChI is InChI=1S/C35H21N3/c1-2-7-28-22(5-1)9-11-24-19-25(13-14-29(24)28)31-16-15-30(32-8-4-18-37-35(31)32)27-20-26-12-10-23-6-3-17-36-33(23)34(26)38-21-27/h1-21H. The molecule has 3 aromatic heterocycles. The molecule has 0 atom stereocenters. The first-order valence-corrected chi connectivity index (χ1v) is 12.8. The lowest BCUT2D eigenvalue weighted by Gasteiger charge is -2.13. The van der Waals surface area contributed by atoms with E-state index in [9.17, 15) is 0 Å². The first-order valence-electron chi connectivity index (χ1n) is 12.8. The Morgan fingerprint density at radius 1 is 0.368 bits per heavy atom. The van der Waals surface area contributed by atoms with Gasteiger partial charge in [0.15, 0.2) is 0 Å². The molecule has 0 bridgehead atoms. The quantitative estimate of drug-likeness (QED) is 0.230. The summed E-state index contributed by atoms with van der Waals surface area (Å²) in [6, 6.07) is 38.7. The largest absolute Gasteiger partial charge is 0.256 e. The normalized spacial score (nSPS) is 11.7. The first kappa shape index (κ1) is 21.0. The highest BCUT2D eigenvalue weighted by atomic mass is 14.7. The van der Waals surface area contributed by atoms with Crippen molar-refractivity contribution in [2.24, 2.45) is 0 Å². The molecule has 0 saturated heterocycles. The molecular formula is C35H21N3. The van der Waals surface area contributed by atoms with Gasteiger partial charge in [-0.25, -0.2) is 0 Å². The van der Waals surface area contributed by atoms with Crippen LogP contribution in [0.4, 0.5) is 0 Å². The highest BCUT2D eigenvalue weighted by Gasteiger charge is 2.13. The van der Waals surface area contributed by atoms with Crippen LogP contribution in [-0.4, -0.2) is 15.0 Å². The van der Waals surface area contributed by atoms with Crippen molar-refractivity contribution in [3.05, 3.63) is 128 Å². The molecule has 38 heavy (non-hydrogen) atoms. The van der Waals surface area contributed by atoms with Gasteiger partial charge in [-0.05, 0) is 56.9 Å². The summed E-state index contributed by atoms with van der Waals surface area (Å²) in [4.78, 5) is 14.3. The van der Waals surface area contributed by atoms with Crippen LogP contribution in [-0.2, 0) is 0 Å². The molecule has 8 aromatic rings. The minimum Gasteiger partial charge on any atom is -0.256 e. The number of hydrogen-bond donors (Lipinski definition) is 0. The summed E-state index contributed by atoms with van der Waals surface area (Å²) in [5.74, 6) is 0. The Kier molecular flexibility index (Phi) is 4.52. The molecule has 8 rings (SSSR count). The van der Waals surface area contributed by atoms with Crippen molar-refractivity contribution in [1.29, 1.82) is 0 Å². The lowest BCUT2D eigenvalue weighted by Crippen LogP contribution is -1.91. The average Bonchev–Trinajstić information content (AvgIpc) is 3.00. The molecule has 0 spiro atoms. The molecule has 176 valence electrons. The van der Waals surface area contributed by atoms with E-state index in [-0.39, 0.29) is 0 Å². The van der Waals surface area contributed by atoms with Gasteiger partial charge in [-0.3, -0.25) is 15.0 Å². The SMILES string of the molecule is c1ccc2c(c1)ccc1cc(-c3ccc(-c4cnc5c(ccc6cccnc65)c4)c4cccnc34)ccc12. The van der Waals surface area contributed by atoms with Gasteiger partial charge in [0.1, 0.15) is 0 Å². The Morgan fingerprint density at radius 2 is 1.03 bits per heavy atom. The van der Waals surface area contributed by atoms with E-state index >= 15 is 0 Å². The molecular weight excluding hydrogens is 462 g/mol. The molecule has 0 saturated carbocycles. The van der Waals surface area contributed by atoms with Crippen LogP contribution in [0.2, 0.25) is 0 Å². The minimum absolute atomic E-state index is 0.926. The van der Waals surface area contributed by atoms with Crippen LogP contribution in [0.3, 0.4) is 0 Å². The van der Waals surface area contributed by atoms with Crippen molar-refractivity contribution in [2.75, 3.05) is 0 Å². The number of hydrogen-bond acceptors (Lipinski definition) is 3. The van der Waals surface area contributed by atoms with Gasteiger partial charge in [-0.2, -0.15) is 0 Å². The van der Waals surface area contributed by atoms with Crippen molar-refractivity contribution >= 4 is 54.3 Å². The molecule has 0 N–H and O–H groups in total. The first-order chi connectivity index (χ1) is 18.8. The van der Waals surface area contributed by atoms with E-state index in [0.717, 1.165) is 55.0 Å². The minimum atomic E-state index is 0.926. The molecule has 3 nitrogen and oxygen atoms in total. The summed E-state index contributed by atoms with van der Waals surface area (Å²) in [7, 11) is 0. The maximum Gasteiger partial charge on any atom is 0.0964 e. The van der Waals surface area contributed by atoms with E-state index < -0.39 is 0 Å². The zero-order valence-electron chi connectivity index (χ0n) is 20.5. The smallest absolute Gasteiger partial charge is 0.0964 e. The third kappa shape index (κ3) is 3.19. The van der Waals surface area contributed by atoms with E-state index in [1.54, 1.807) is 0 Å². The highest BCUT2D eigenvalue weighted by molar-refractivity contribution is 6.10. The molecule has 0 aliphatic heterocycles. The fraction of sp³-hybridized carbons (Fsp3) is 0. The van der Waals surface area contributed by atoms with Crippen molar-refractivity contribution in [3.63, 3.8) is 0 Å². The van der Waals surface area contributed by atoms with Crippen LogP contribution in [0.25, 0.3) is 76.5 Å². The van der Waals surface area contributed by atoms with E-state index in [1.165, 1.54) is 21.5 Å².